The Morgan fingerprint density at radius 1 is 1.07 bits per heavy atom. The lowest BCUT2D eigenvalue weighted by molar-refractivity contribution is -0.139. The Morgan fingerprint density at radius 2 is 1.83 bits per heavy atom. The van der Waals surface area contributed by atoms with Crippen LogP contribution in [-0.4, -0.2) is 55.4 Å². The van der Waals surface area contributed by atoms with Crippen molar-refractivity contribution in [1.29, 1.82) is 0 Å². The van der Waals surface area contributed by atoms with Crippen LogP contribution in [0.3, 0.4) is 0 Å². The Kier molecular flexibility index (Phi) is 5.92. The van der Waals surface area contributed by atoms with Crippen molar-refractivity contribution in [2.45, 2.75) is 50.6 Å². The van der Waals surface area contributed by atoms with Gasteiger partial charge in [0.2, 0.25) is 0 Å². The fraction of sp³-hybridized carbons (Fsp3) is 0.524. The molecule has 1 saturated heterocycles. The molecular formula is C21H25NO5S2. The van der Waals surface area contributed by atoms with E-state index in [1.165, 1.54) is 11.3 Å². The van der Waals surface area contributed by atoms with Gasteiger partial charge >= 0.3 is 5.97 Å². The highest BCUT2D eigenvalue weighted by atomic mass is 32.2. The molecule has 1 amide bonds. The zero-order chi connectivity index (χ0) is 20.4. The molecule has 1 aliphatic heterocycles. The summed E-state index contributed by atoms with van der Waals surface area (Å²) in [4.78, 5) is 27.7. The Labute approximate surface area is 174 Å². The first kappa shape index (κ1) is 20.3. The number of thiophene rings is 1. The van der Waals surface area contributed by atoms with E-state index in [0.717, 1.165) is 42.2 Å². The van der Waals surface area contributed by atoms with E-state index >= 15 is 0 Å². The Bertz CT molecular complexity index is 974. The third-order valence-electron chi connectivity index (χ3n) is 5.81. The topological polar surface area (TPSA) is 80.8 Å². The van der Waals surface area contributed by atoms with Gasteiger partial charge in [-0.15, -0.1) is 11.3 Å². The zero-order valence-corrected chi connectivity index (χ0v) is 17.8. The van der Waals surface area contributed by atoms with Crippen molar-refractivity contribution >= 4 is 43.1 Å². The van der Waals surface area contributed by atoms with Crippen LogP contribution in [0.4, 0.5) is 0 Å². The van der Waals surface area contributed by atoms with Gasteiger partial charge in [0.15, 0.2) is 16.4 Å². The number of amides is 1. The molecular weight excluding hydrogens is 410 g/mol. The normalized spacial score (nSPS) is 21.9. The summed E-state index contributed by atoms with van der Waals surface area (Å²) >= 11 is 1.34. The van der Waals surface area contributed by atoms with Crippen molar-refractivity contribution in [1.82, 2.24) is 4.90 Å². The van der Waals surface area contributed by atoms with E-state index in [-0.39, 0.29) is 36.1 Å². The first-order chi connectivity index (χ1) is 13.9. The number of hydrogen-bond donors (Lipinski definition) is 0. The molecule has 4 rings (SSSR count). The first-order valence-corrected chi connectivity index (χ1v) is 12.7. The van der Waals surface area contributed by atoms with Gasteiger partial charge in [0.05, 0.1) is 11.5 Å². The number of carbonyl (C=O) groups is 2. The van der Waals surface area contributed by atoms with E-state index in [1.807, 2.05) is 24.3 Å². The second-order valence-electron chi connectivity index (χ2n) is 7.87. The lowest BCUT2D eigenvalue weighted by atomic mass is 9.93. The summed E-state index contributed by atoms with van der Waals surface area (Å²) in [5.41, 5.74) is 0. The molecule has 29 heavy (non-hydrogen) atoms. The summed E-state index contributed by atoms with van der Waals surface area (Å²) in [6, 6.07) is 9.19. The summed E-state index contributed by atoms with van der Waals surface area (Å²) < 4.78 is 30.3. The predicted octanol–water partition coefficient (Wildman–Crippen LogP) is 3.41. The highest BCUT2D eigenvalue weighted by molar-refractivity contribution is 7.91. The van der Waals surface area contributed by atoms with E-state index in [4.69, 9.17) is 4.74 Å². The molecule has 0 radical (unpaired) electrons. The van der Waals surface area contributed by atoms with Gasteiger partial charge in [0.25, 0.3) is 5.91 Å². The number of esters is 1. The van der Waals surface area contributed by atoms with Crippen molar-refractivity contribution in [2.75, 3.05) is 18.1 Å². The van der Waals surface area contributed by atoms with E-state index in [2.05, 4.69) is 0 Å². The molecule has 2 aromatic rings. The smallest absolute Gasteiger partial charge is 0.348 e. The molecule has 1 aromatic heterocycles. The molecule has 0 spiro atoms. The second-order valence-corrected chi connectivity index (χ2v) is 11.2. The van der Waals surface area contributed by atoms with Crippen molar-refractivity contribution in [3.8, 4) is 0 Å². The Hall–Kier alpha value is -1.93. The van der Waals surface area contributed by atoms with Crippen LogP contribution in [0.2, 0.25) is 0 Å². The summed E-state index contributed by atoms with van der Waals surface area (Å²) in [5.74, 6) is -0.662. The minimum Gasteiger partial charge on any atom is -0.451 e. The summed E-state index contributed by atoms with van der Waals surface area (Å²) in [6.07, 6.45) is 5.45. The van der Waals surface area contributed by atoms with E-state index in [9.17, 15) is 18.0 Å². The van der Waals surface area contributed by atoms with E-state index in [0.29, 0.717) is 11.3 Å². The number of carbonyl (C=O) groups excluding carboxylic acids is 2. The summed E-state index contributed by atoms with van der Waals surface area (Å²) in [6.45, 7) is -0.347. The molecule has 1 aromatic carbocycles. The molecule has 0 N–H and O–H groups in total. The number of rotatable bonds is 5. The Balaban J connectivity index is 1.45. The number of hydrogen-bond acceptors (Lipinski definition) is 6. The summed E-state index contributed by atoms with van der Waals surface area (Å²) in [7, 11) is -3.10. The van der Waals surface area contributed by atoms with Gasteiger partial charge in [-0.25, -0.2) is 13.2 Å². The van der Waals surface area contributed by atoms with Gasteiger partial charge in [-0.3, -0.25) is 4.79 Å². The van der Waals surface area contributed by atoms with Crippen LogP contribution in [-0.2, 0) is 19.4 Å². The minimum absolute atomic E-state index is 0.0134. The molecule has 8 heteroatoms. The zero-order valence-electron chi connectivity index (χ0n) is 16.2. The number of benzene rings is 1. The molecule has 1 unspecified atom stereocenters. The molecule has 1 saturated carbocycles. The van der Waals surface area contributed by atoms with Crippen molar-refractivity contribution in [2.24, 2.45) is 0 Å². The SMILES string of the molecule is O=C(OCC(=O)N(C1CCCCC1)C1CCS(=O)(=O)C1)c1cc2ccccc2s1. The molecule has 2 aliphatic rings. The van der Waals surface area contributed by atoms with Gasteiger partial charge in [0.1, 0.15) is 4.88 Å². The number of ether oxygens (including phenoxy) is 1. The maximum absolute atomic E-state index is 13.0. The first-order valence-electron chi connectivity index (χ1n) is 10.1. The standard InChI is InChI=1S/C21H25NO5S2/c23-20(13-27-21(24)19-12-15-6-4-5-9-18(15)28-19)22(16-7-2-1-3-8-16)17-10-11-29(25,26)14-17/h4-6,9,12,16-17H,1-3,7-8,10-11,13-14H2. The van der Waals surface area contributed by atoms with Crippen LogP contribution >= 0.6 is 11.3 Å². The van der Waals surface area contributed by atoms with Crippen LogP contribution in [0.15, 0.2) is 30.3 Å². The number of fused-ring (bicyclic) bond motifs is 1. The van der Waals surface area contributed by atoms with Crippen LogP contribution in [0.5, 0.6) is 0 Å². The quantitative estimate of drug-likeness (QED) is 0.673. The Morgan fingerprint density at radius 3 is 2.52 bits per heavy atom. The highest BCUT2D eigenvalue weighted by Crippen LogP contribution is 2.29. The summed E-state index contributed by atoms with van der Waals surface area (Å²) in [5, 5.41) is 0.968. The largest absolute Gasteiger partial charge is 0.451 e. The predicted molar refractivity (Wildman–Crippen MR) is 113 cm³/mol. The van der Waals surface area contributed by atoms with Gasteiger partial charge in [0, 0.05) is 16.8 Å². The number of sulfone groups is 1. The fourth-order valence-corrected chi connectivity index (χ4v) is 7.08. The van der Waals surface area contributed by atoms with Crippen LogP contribution in [0.1, 0.15) is 48.2 Å². The molecule has 0 bridgehead atoms. The van der Waals surface area contributed by atoms with Crippen molar-refractivity contribution in [3.63, 3.8) is 0 Å². The third kappa shape index (κ3) is 4.64. The fourth-order valence-electron chi connectivity index (χ4n) is 4.41. The minimum atomic E-state index is -3.10. The van der Waals surface area contributed by atoms with Crippen molar-refractivity contribution in [3.05, 3.63) is 35.2 Å². The van der Waals surface area contributed by atoms with E-state index < -0.39 is 15.8 Å². The third-order valence-corrected chi connectivity index (χ3v) is 8.66. The molecule has 6 nitrogen and oxygen atoms in total. The van der Waals surface area contributed by atoms with E-state index in [1.54, 1.807) is 11.0 Å². The number of nitrogens with zero attached hydrogens (tertiary/aromatic N) is 1. The highest BCUT2D eigenvalue weighted by Gasteiger charge is 2.38. The maximum Gasteiger partial charge on any atom is 0.348 e. The maximum atomic E-state index is 13.0. The molecule has 156 valence electrons. The van der Waals surface area contributed by atoms with Crippen molar-refractivity contribution < 1.29 is 22.7 Å². The van der Waals surface area contributed by atoms with Gasteiger partial charge < -0.3 is 9.64 Å². The second kappa shape index (κ2) is 8.44. The van der Waals surface area contributed by atoms with Crippen LogP contribution in [0.25, 0.3) is 10.1 Å². The van der Waals surface area contributed by atoms with Gasteiger partial charge in [-0.1, -0.05) is 37.5 Å². The van der Waals surface area contributed by atoms with Crippen LogP contribution < -0.4 is 0 Å². The molecule has 1 atom stereocenters. The van der Waals surface area contributed by atoms with Crippen LogP contribution in [0, 0.1) is 0 Å². The molecule has 1 aliphatic carbocycles. The van der Waals surface area contributed by atoms with Gasteiger partial charge in [-0.05, 0) is 36.8 Å². The molecule has 2 fully saturated rings. The average Bonchev–Trinajstić information content (AvgIpc) is 3.30. The van der Waals surface area contributed by atoms with Gasteiger partial charge in [-0.2, -0.15) is 0 Å². The lowest BCUT2D eigenvalue weighted by Crippen LogP contribution is -2.50. The average molecular weight is 436 g/mol. The monoisotopic (exact) mass is 435 g/mol. The molecule has 2 heterocycles. The lowest BCUT2D eigenvalue weighted by Gasteiger charge is -2.38.